The van der Waals surface area contributed by atoms with E-state index in [2.05, 4.69) is 10.1 Å². The van der Waals surface area contributed by atoms with E-state index in [1.807, 2.05) is 0 Å². The molecule has 0 N–H and O–H groups in total. The summed E-state index contributed by atoms with van der Waals surface area (Å²) in [5, 5.41) is 3.42. The first-order chi connectivity index (χ1) is 11.1. The summed E-state index contributed by atoms with van der Waals surface area (Å²) in [5.74, 6) is -0.505. The van der Waals surface area contributed by atoms with Crippen molar-refractivity contribution < 1.29 is 30.8 Å². The van der Waals surface area contributed by atoms with E-state index in [0.717, 1.165) is 4.31 Å². The van der Waals surface area contributed by atoms with Gasteiger partial charge >= 0.3 is 6.18 Å². The molecule has 2 fully saturated rings. The van der Waals surface area contributed by atoms with Gasteiger partial charge in [0, 0.05) is 20.2 Å². The highest BCUT2D eigenvalue weighted by Crippen LogP contribution is 2.51. The monoisotopic (exact) mass is 369 g/mol. The summed E-state index contributed by atoms with van der Waals surface area (Å²) in [5.41, 5.74) is -2.47. The lowest BCUT2D eigenvalue weighted by atomic mass is 9.86. The Hall–Kier alpha value is -1.20. The number of nitrogens with zero attached hydrogens (tertiary/aromatic N) is 3. The summed E-state index contributed by atoms with van der Waals surface area (Å²) >= 11 is 0. The molecule has 0 radical (unpaired) electrons. The quantitative estimate of drug-likeness (QED) is 0.780. The second kappa shape index (κ2) is 5.40. The van der Waals surface area contributed by atoms with Gasteiger partial charge in [-0.3, -0.25) is 0 Å². The van der Waals surface area contributed by atoms with Gasteiger partial charge in [-0.15, -0.1) is 0 Å². The molecule has 1 aromatic rings. The molecule has 3 rings (SSSR count). The highest BCUT2D eigenvalue weighted by molar-refractivity contribution is 7.90. The fourth-order valence-electron chi connectivity index (χ4n) is 3.15. The van der Waals surface area contributed by atoms with Gasteiger partial charge in [0.2, 0.25) is 15.9 Å². The van der Waals surface area contributed by atoms with Crippen LogP contribution in [-0.2, 0) is 20.2 Å². The van der Waals surface area contributed by atoms with Crippen molar-refractivity contribution in [3.8, 4) is 0 Å². The Bertz CT molecular complexity index is 729. The number of aromatic nitrogens is 2. The Morgan fingerprint density at radius 2 is 2.00 bits per heavy atom. The molecule has 1 unspecified atom stereocenters. The molecule has 1 aliphatic heterocycles. The summed E-state index contributed by atoms with van der Waals surface area (Å²) in [7, 11) is -2.53. The molecule has 1 aliphatic carbocycles. The van der Waals surface area contributed by atoms with Crippen LogP contribution in [0.5, 0.6) is 0 Å². The van der Waals surface area contributed by atoms with Gasteiger partial charge in [-0.25, -0.2) is 8.42 Å². The van der Waals surface area contributed by atoms with E-state index < -0.39 is 45.2 Å². The van der Waals surface area contributed by atoms with E-state index in [1.54, 1.807) is 0 Å². The van der Waals surface area contributed by atoms with E-state index in [4.69, 9.17) is 9.26 Å². The number of ether oxygens (including phenoxy) is 1. The zero-order valence-electron chi connectivity index (χ0n) is 13.3. The van der Waals surface area contributed by atoms with Gasteiger partial charge in [0.1, 0.15) is 4.75 Å². The maximum atomic E-state index is 13.8. The Labute approximate surface area is 137 Å². The van der Waals surface area contributed by atoms with Gasteiger partial charge in [-0.1, -0.05) is 5.16 Å². The first kappa shape index (κ1) is 17.6. The van der Waals surface area contributed by atoms with Crippen molar-refractivity contribution in [2.75, 3.05) is 26.8 Å². The lowest BCUT2D eigenvalue weighted by Crippen LogP contribution is -2.48. The summed E-state index contributed by atoms with van der Waals surface area (Å²) in [6.45, 7) is 0.406. The van der Waals surface area contributed by atoms with Crippen LogP contribution >= 0.6 is 0 Å². The SMILES string of the molecule is COCC1(S(=O)(=O)N2CCC(c3nc(C)no3)(C(F)(F)F)C2)CC1. The third-order valence-corrected chi connectivity index (χ3v) is 7.43. The van der Waals surface area contributed by atoms with Crippen molar-refractivity contribution in [2.45, 2.75) is 42.5 Å². The molecule has 0 bridgehead atoms. The van der Waals surface area contributed by atoms with Crippen LogP contribution in [0, 0.1) is 6.92 Å². The molecule has 7 nitrogen and oxygen atoms in total. The van der Waals surface area contributed by atoms with Crippen molar-refractivity contribution in [3.63, 3.8) is 0 Å². The molecule has 0 aromatic carbocycles. The zero-order valence-corrected chi connectivity index (χ0v) is 14.1. The Morgan fingerprint density at radius 3 is 2.46 bits per heavy atom. The highest BCUT2D eigenvalue weighted by Gasteiger charge is 2.67. The lowest BCUT2D eigenvalue weighted by molar-refractivity contribution is -0.192. The summed E-state index contributed by atoms with van der Waals surface area (Å²) in [4.78, 5) is 3.72. The van der Waals surface area contributed by atoms with Crippen LogP contribution in [0.25, 0.3) is 0 Å². The molecule has 2 aliphatic rings. The number of halogens is 3. The lowest BCUT2D eigenvalue weighted by Gasteiger charge is -2.29. The topological polar surface area (TPSA) is 85.5 Å². The van der Waals surface area contributed by atoms with Crippen LogP contribution in [-0.4, -0.2) is 60.6 Å². The minimum atomic E-state index is -4.70. The molecule has 1 saturated heterocycles. The Kier molecular flexibility index (Phi) is 3.96. The number of aryl methyl sites for hydroxylation is 1. The number of alkyl halides is 3. The molecule has 136 valence electrons. The van der Waals surface area contributed by atoms with Gasteiger partial charge in [0.05, 0.1) is 6.61 Å². The number of hydrogen-bond acceptors (Lipinski definition) is 6. The molecular weight excluding hydrogens is 351 g/mol. The first-order valence-electron chi connectivity index (χ1n) is 7.44. The van der Waals surface area contributed by atoms with E-state index in [-0.39, 0.29) is 19.0 Å². The summed E-state index contributed by atoms with van der Waals surface area (Å²) < 4.78 is 76.3. The van der Waals surface area contributed by atoms with Crippen molar-refractivity contribution in [1.82, 2.24) is 14.4 Å². The number of rotatable bonds is 5. The van der Waals surface area contributed by atoms with Crippen molar-refractivity contribution in [2.24, 2.45) is 0 Å². The standard InChI is InChI=1S/C13H18F3N3O4S/c1-9-17-10(23-18-9)12(13(14,15)16)5-6-19(7-12)24(20,21)11(3-4-11)8-22-2/h3-8H2,1-2H3. The molecule has 1 atom stereocenters. The molecular formula is C13H18F3N3O4S. The largest absolute Gasteiger partial charge is 0.404 e. The average molecular weight is 369 g/mol. The van der Waals surface area contributed by atoms with Crippen LogP contribution in [0.3, 0.4) is 0 Å². The van der Waals surface area contributed by atoms with Gasteiger partial charge < -0.3 is 9.26 Å². The van der Waals surface area contributed by atoms with Gasteiger partial charge in [-0.2, -0.15) is 22.5 Å². The minimum absolute atomic E-state index is 0.0233. The number of methoxy groups -OCH3 is 1. The molecule has 2 heterocycles. The fraction of sp³-hybridized carbons (Fsp3) is 0.846. The highest BCUT2D eigenvalue weighted by atomic mass is 32.2. The smallest absolute Gasteiger partial charge is 0.383 e. The van der Waals surface area contributed by atoms with Crippen LogP contribution in [0.4, 0.5) is 13.2 Å². The molecule has 1 aromatic heterocycles. The van der Waals surface area contributed by atoms with E-state index >= 15 is 0 Å². The van der Waals surface area contributed by atoms with Gasteiger partial charge in [0.15, 0.2) is 11.2 Å². The second-order valence-corrected chi connectivity index (χ2v) is 8.76. The van der Waals surface area contributed by atoms with Crippen LogP contribution in [0.1, 0.15) is 31.0 Å². The summed E-state index contributed by atoms with van der Waals surface area (Å²) in [6, 6.07) is 0. The molecule has 24 heavy (non-hydrogen) atoms. The van der Waals surface area contributed by atoms with E-state index in [1.165, 1.54) is 14.0 Å². The molecule has 1 saturated carbocycles. The minimum Gasteiger partial charge on any atom is -0.383 e. The molecule has 11 heteroatoms. The zero-order chi connectivity index (χ0) is 17.8. The number of hydrogen-bond donors (Lipinski definition) is 0. The first-order valence-corrected chi connectivity index (χ1v) is 8.88. The second-order valence-electron chi connectivity index (χ2n) is 6.43. The molecule has 0 spiro atoms. The average Bonchev–Trinajstić information content (AvgIpc) is 2.95. The third kappa shape index (κ3) is 2.44. The van der Waals surface area contributed by atoms with Crippen LogP contribution in [0.15, 0.2) is 4.52 Å². The predicted octanol–water partition coefficient (Wildman–Crippen LogP) is 1.39. The van der Waals surface area contributed by atoms with Crippen LogP contribution in [0.2, 0.25) is 0 Å². The Morgan fingerprint density at radius 1 is 1.33 bits per heavy atom. The van der Waals surface area contributed by atoms with Crippen molar-refractivity contribution in [3.05, 3.63) is 11.7 Å². The van der Waals surface area contributed by atoms with Crippen LogP contribution < -0.4 is 0 Å². The maximum Gasteiger partial charge on any atom is 0.404 e. The molecule has 0 amide bonds. The predicted molar refractivity (Wildman–Crippen MR) is 75.7 cm³/mol. The third-order valence-electron chi connectivity index (χ3n) is 4.82. The normalized spacial score (nSPS) is 27.5. The summed E-state index contributed by atoms with van der Waals surface area (Å²) in [6.07, 6.45) is -4.37. The van der Waals surface area contributed by atoms with E-state index in [0.29, 0.717) is 12.8 Å². The number of sulfonamides is 1. The van der Waals surface area contributed by atoms with Gasteiger partial charge in [0.25, 0.3) is 0 Å². The maximum absolute atomic E-state index is 13.8. The Balaban J connectivity index is 1.94. The fourth-order valence-corrected chi connectivity index (χ4v) is 5.31. The van der Waals surface area contributed by atoms with E-state index in [9.17, 15) is 21.6 Å². The van der Waals surface area contributed by atoms with Crippen molar-refractivity contribution >= 4 is 10.0 Å². The van der Waals surface area contributed by atoms with Crippen molar-refractivity contribution in [1.29, 1.82) is 0 Å². The van der Waals surface area contributed by atoms with Gasteiger partial charge in [-0.05, 0) is 26.2 Å².